The van der Waals surface area contributed by atoms with Crippen LogP contribution in [0.15, 0.2) is 83.2 Å². The molecule has 1 unspecified atom stereocenters. The highest BCUT2D eigenvalue weighted by molar-refractivity contribution is 7.98. The molecule has 0 saturated carbocycles. The molecule has 1 aromatic heterocycles. The van der Waals surface area contributed by atoms with E-state index in [0.717, 1.165) is 27.9 Å². The van der Waals surface area contributed by atoms with Gasteiger partial charge in [0.2, 0.25) is 11.1 Å². The van der Waals surface area contributed by atoms with E-state index < -0.39 is 6.04 Å². The van der Waals surface area contributed by atoms with Gasteiger partial charge >= 0.3 is 0 Å². The van der Waals surface area contributed by atoms with Crippen LogP contribution in [-0.2, 0) is 10.5 Å². The highest BCUT2D eigenvalue weighted by Crippen LogP contribution is 2.37. The summed E-state index contributed by atoms with van der Waals surface area (Å²) in [4.78, 5) is 18.3. The second kappa shape index (κ2) is 10.4. The van der Waals surface area contributed by atoms with Gasteiger partial charge in [0.25, 0.3) is 5.91 Å². The average Bonchev–Trinajstić information content (AvgIpc) is 3.26. The first-order valence-corrected chi connectivity index (χ1v) is 13.1. The van der Waals surface area contributed by atoms with Gasteiger partial charge in [0.05, 0.1) is 5.57 Å². The third-order valence-electron chi connectivity index (χ3n) is 6.15. The van der Waals surface area contributed by atoms with Crippen LogP contribution in [-0.4, -0.2) is 20.7 Å². The van der Waals surface area contributed by atoms with E-state index in [0.29, 0.717) is 33.2 Å². The van der Waals surface area contributed by atoms with E-state index in [1.807, 2.05) is 63.2 Å². The molecule has 0 aliphatic carbocycles. The molecule has 9 heteroatoms. The van der Waals surface area contributed by atoms with Crippen LogP contribution >= 0.6 is 23.4 Å². The number of carbonyl (C=O) groups is 1. The molecule has 1 aliphatic heterocycles. The fourth-order valence-corrected chi connectivity index (χ4v) is 5.34. The largest absolute Gasteiger partial charge is 0.328 e. The summed E-state index contributed by atoms with van der Waals surface area (Å²) in [5.74, 6) is 0.540. The Morgan fingerprint density at radius 2 is 1.89 bits per heavy atom. The highest BCUT2D eigenvalue weighted by Gasteiger charge is 2.34. The second-order valence-electron chi connectivity index (χ2n) is 8.97. The summed E-state index contributed by atoms with van der Waals surface area (Å²) in [5, 5.41) is 12.3. The lowest BCUT2D eigenvalue weighted by Gasteiger charge is -2.28. The fourth-order valence-electron chi connectivity index (χ4n) is 4.36. The van der Waals surface area contributed by atoms with Gasteiger partial charge in [0, 0.05) is 22.2 Å². The zero-order valence-electron chi connectivity index (χ0n) is 20.5. The Morgan fingerprint density at radius 3 is 2.62 bits per heavy atom. The molecular formula is C28H25ClFN5OS. The van der Waals surface area contributed by atoms with Gasteiger partial charge in [-0.15, -0.1) is 5.10 Å². The number of anilines is 2. The fraction of sp³-hybridized carbons (Fsp3) is 0.179. The molecule has 5 rings (SSSR count). The van der Waals surface area contributed by atoms with E-state index in [1.54, 1.807) is 16.8 Å². The monoisotopic (exact) mass is 533 g/mol. The van der Waals surface area contributed by atoms with Crippen molar-refractivity contribution in [3.05, 3.63) is 111 Å². The SMILES string of the molecule is CC1=C(C(=O)Nc2ccc(C)cc2C)C(c2ccc(F)cc2)n2nc(SCc3cccc(Cl)c3)nc2N1. The number of rotatable bonds is 6. The molecule has 6 nitrogen and oxygen atoms in total. The third kappa shape index (κ3) is 5.40. The molecule has 2 heterocycles. The maximum atomic E-state index is 13.8. The lowest BCUT2D eigenvalue weighted by atomic mass is 9.95. The zero-order chi connectivity index (χ0) is 26.1. The first-order chi connectivity index (χ1) is 17.8. The lowest BCUT2D eigenvalue weighted by Crippen LogP contribution is -2.31. The molecule has 4 aromatic rings. The normalized spacial score (nSPS) is 14.8. The van der Waals surface area contributed by atoms with E-state index in [1.165, 1.54) is 23.9 Å². The number of carbonyl (C=O) groups excluding carboxylic acids is 1. The summed E-state index contributed by atoms with van der Waals surface area (Å²) in [6.45, 7) is 5.80. The average molecular weight is 534 g/mol. The van der Waals surface area contributed by atoms with Gasteiger partial charge in [-0.2, -0.15) is 4.98 Å². The van der Waals surface area contributed by atoms with Gasteiger partial charge in [-0.3, -0.25) is 4.79 Å². The van der Waals surface area contributed by atoms with Crippen molar-refractivity contribution in [3.8, 4) is 0 Å². The standard InChI is InChI=1S/C28H25ClFN5OS/c1-16-7-12-23(17(2)13-16)32-26(36)24-18(3)31-27-33-28(37-15-19-5-4-6-21(29)14-19)34-35(27)25(24)20-8-10-22(30)11-9-20/h4-14,25H,15H2,1-3H3,(H,32,36)(H,31,33,34). The van der Waals surface area contributed by atoms with Crippen LogP contribution in [0.3, 0.4) is 0 Å². The summed E-state index contributed by atoms with van der Waals surface area (Å²) in [5.41, 5.74) is 5.73. The van der Waals surface area contributed by atoms with Crippen LogP contribution in [0.1, 0.15) is 35.2 Å². The quantitative estimate of drug-likeness (QED) is 0.263. The molecule has 0 bridgehead atoms. The smallest absolute Gasteiger partial charge is 0.255 e. The van der Waals surface area contributed by atoms with E-state index in [-0.39, 0.29) is 11.7 Å². The van der Waals surface area contributed by atoms with Gasteiger partial charge in [0.1, 0.15) is 11.9 Å². The van der Waals surface area contributed by atoms with Crippen molar-refractivity contribution in [2.24, 2.45) is 0 Å². The van der Waals surface area contributed by atoms with Crippen molar-refractivity contribution >= 4 is 40.9 Å². The third-order valence-corrected chi connectivity index (χ3v) is 7.29. The van der Waals surface area contributed by atoms with Crippen LogP contribution in [0.5, 0.6) is 0 Å². The molecule has 3 aromatic carbocycles. The Hall–Kier alpha value is -3.62. The number of hydrogen-bond donors (Lipinski definition) is 2. The second-order valence-corrected chi connectivity index (χ2v) is 10.4. The number of nitrogens with zero attached hydrogens (tertiary/aromatic N) is 3. The highest BCUT2D eigenvalue weighted by atomic mass is 35.5. The molecule has 0 fully saturated rings. The first kappa shape index (κ1) is 25.0. The van der Waals surface area contributed by atoms with Crippen LogP contribution in [0, 0.1) is 19.7 Å². The van der Waals surface area contributed by atoms with E-state index in [9.17, 15) is 9.18 Å². The Kier molecular flexibility index (Phi) is 7.04. The summed E-state index contributed by atoms with van der Waals surface area (Å²) in [7, 11) is 0. The molecule has 1 aliphatic rings. The maximum absolute atomic E-state index is 13.8. The summed E-state index contributed by atoms with van der Waals surface area (Å²) < 4.78 is 15.5. The predicted molar refractivity (Wildman–Crippen MR) is 146 cm³/mol. The number of halogens is 2. The number of aryl methyl sites for hydroxylation is 2. The summed E-state index contributed by atoms with van der Waals surface area (Å²) in [6.07, 6.45) is 0. The van der Waals surface area contributed by atoms with E-state index >= 15 is 0 Å². The van der Waals surface area contributed by atoms with E-state index in [2.05, 4.69) is 15.6 Å². The van der Waals surface area contributed by atoms with Crippen molar-refractivity contribution in [3.63, 3.8) is 0 Å². The van der Waals surface area contributed by atoms with Gasteiger partial charge in [-0.05, 0) is 67.8 Å². The summed E-state index contributed by atoms with van der Waals surface area (Å²) in [6, 6.07) is 19.1. The zero-order valence-corrected chi connectivity index (χ0v) is 22.1. The first-order valence-electron chi connectivity index (χ1n) is 11.7. The summed E-state index contributed by atoms with van der Waals surface area (Å²) >= 11 is 7.59. The molecule has 0 radical (unpaired) electrons. The van der Waals surface area contributed by atoms with Crippen molar-refractivity contribution in [2.75, 3.05) is 10.6 Å². The van der Waals surface area contributed by atoms with Crippen LogP contribution < -0.4 is 10.6 Å². The number of amides is 1. The van der Waals surface area contributed by atoms with Crippen molar-refractivity contribution in [2.45, 2.75) is 37.7 Å². The topological polar surface area (TPSA) is 71.8 Å². The molecule has 37 heavy (non-hydrogen) atoms. The van der Waals surface area contributed by atoms with Crippen LogP contribution in [0.25, 0.3) is 0 Å². The van der Waals surface area contributed by atoms with Gasteiger partial charge < -0.3 is 10.6 Å². The Balaban J connectivity index is 1.49. The number of fused-ring (bicyclic) bond motifs is 1. The van der Waals surface area contributed by atoms with Crippen molar-refractivity contribution in [1.29, 1.82) is 0 Å². The lowest BCUT2D eigenvalue weighted by molar-refractivity contribution is -0.113. The minimum atomic E-state index is -0.587. The van der Waals surface area contributed by atoms with Gasteiger partial charge in [-0.25, -0.2) is 9.07 Å². The van der Waals surface area contributed by atoms with Gasteiger partial charge in [-0.1, -0.05) is 65.3 Å². The minimum Gasteiger partial charge on any atom is -0.328 e. The molecule has 1 amide bonds. The minimum absolute atomic E-state index is 0.263. The molecule has 188 valence electrons. The van der Waals surface area contributed by atoms with Gasteiger partial charge in [0.15, 0.2) is 0 Å². The number of benzene rings is 3. The molecule has 1 atom stereocenters. The number of allylic oxidation sites excluding steroid dienone is 1. The Bertz CT molecular complexity index is 1520. The molecule has 0 saturated heterocycles. The number of hydrogen-bond acceptors (Lipinski definition) is 5. The molecular weight excluding hydrogens is 509 g/mol. The van der Waals surface area contributed by atoms with Crippen LogP contribution in [0.4, 0.5) is 16.0 Å². The maximum Gasteiger partial charge on any atom is 0.255 e. The Morgan fingerprint density at radius 1 is 1.11 bits per heavy atom. The molecule has 0 spiro atoms. The van der Waals surface area contributed by atoms with Crippen molar-refractivity contribution < 1.29 is 9.18 Å². The van der Waals surface area contributed by atoms with Crippen LogP contribution in [0.2, 0.25) is 5.02 Å². The number of thioether (sulfide) groups is 1. The number of aromatic nitrogens is 3. The van der Waals surface area contributed by atoms with E-state index in [4.69, 9.17) is 16.7 Å². The predicted octanol–water partition coefficient (Wildman–Crippen LogP) is 6.91. The number of nitrogens with one attached hydrogen (secondary N) is 2. The Labute approximate surface area is 224 Å². The van der Waals surface area contributed by atoms with Crippen molar-refractivity contribution in [1.82, 2.24) is 14.8 Å². The molecule has 2 N–H and O–H groups in total.